The zero-order chi connectivity index (χ0) is 21.6. The third-order valence-electron chi connectivity index (χ3n) is 4.26. The number of amides is 1. The van der Waals surface area contributed by atoms with Crippen LogP contribution < -0.4 is 10.1 Å². The lowest BCUT2D eigenvalue weighted by Crippen LogP contribution is -2.11. The fraction of sp³-hybridized carbons (Fsp3) is 0.0909. The van der Waals surface area contributed by atoms with Crippen LogP contribution in [0.4, 0.5) is 5.69 Å². The molecular formula is C22H18BrN5O2S. The Hall–Kier alpha value is -3.30. The van der Waals surface area contributed by atoms with E-state index < -0.39 is 0 Å². The van der Waals surface area contributed by atoms with Gasteiger partial charge in [0.15, 0.2) is 0 Å². The summed E-state index contributed by atoms with van der Waals surface area (Å²) in [5.74, 6) is 0.410. The van der Waals surface area contributed by atoms with Crippen molar-refractivity contribution in [2.24, 2.45) is 0 Å². The smallest absolute Gasteiger partial charge is 0.248 e. The standard InChI is InChI=1S/C22H18BrN5O2S/c1-15-26-18(12-31-15)11-30-21-5-3-2-4-16(21)6-9-22(29)27-19-10-17(23)7-8-20(19)28-14-24-13-25-28/h2-10,12-14H,11H2,1H3,(H,27,29)/b9-6+. The number of benzene rings is 2. The van der Waals surface area contributed by atoms with Gasteiger partial charge in [-0.05, 0) is 37.3 Å². The van der Waals surface area contributed by atoms with Crippen molar-refractivity contribution in [3.8, 4) is 11.4 Å². The van der Waals surface area contributed by atoms with Crippen molar-refractivity contribution in [1.29, 1.82) is 0 Å². The minimum atomic E-state index is -0.274. The van der Waals surface area contributed by atoms with E-state index in [0.29, 0.717) is 23.7 Å². The first-order valence-corrected chi connectivity index (χ1v) is 11.0. The number of anilines is 1. The van der Waals surface area contributed by atoms with Crippen molar-refractivity contribution in [2.75, 3.05) is 5.32 Å². The average molecular weight is 496 g/mol. The third-order valence-corrected chi connectivity index (χ3v) is 5.57. The Morgan fingerprint density at radius 1 is 1.29 bits per heavy atom. The highest BCUT2D eigenvalue weighted by atomic mass is 79.9. The lowest BCUT2D eigenvalue weighted by molar-refractivity contribution is -0.111. The van der Waals surface area contributed by atoms with E-state index in [4.69, 9.17) is 4.74 Å². The monoisotopic (exact) mass is 495 g/mol. The lowest BCUT2D eigenvalue weighted by Gasteiger charge is -2.10. The molecule has 2 aromatic carbocycles. The Morgan fingerprint density at radius 2 is 2.16 bits per heavy atom. The van der Waals surface area contributed by atoms with Crippen LogP contribution >= 0.6 is 27.3 Å². The van der Waals surface area contributed by atoms with Gasteiger partial charge in [0.25, 0.3) is 0 Å². The number of aryl methyl sites for hydroxylation is 1. The van der Waals surface area contributed by atoms with Gasteiger partial charge < -0.3 is 10.1 Å². The molecule has 0 atom stereocenters. The second kappa shape index (κ2) is 9.67. The van der Waals surface area contributed by atoms with Gasteiger partial charge in [0.2, 0.25) is 5.91 Å². The molecule has 4 rings (SSSR count). The van der Waals surface area contributed by atoms with E-state index in [1.165, 1.54) is 12.4 Å². The van der Waals surface area contributed by atoms with Crippen LogP contribution in [0.15, 0.2) is 71.0 Å². The Morgan fingerprint density at radius 3 is 2.94 bits per heavy atom. The second-order valence-electron chi connectivity index (χ2n) is 6.51. The Balaban J connectivity index is 1.47. The van der Waals surface area contributed by atoms with Crippen LogP contribution in [0.25, 0.3) is 11.8 Å². The molecule has 0 radical (unpaired) electrons. The van der Waals surface area contributed by atoms with Gasteiger partial charge in [0, 0.05) is 21.5 Å². The zero-order valence-electron chi connectivity index (χ0n) is 16.5. The quantitative estimate of drug-likeness (QED) is 0.363. The predicted molar refractivity (Wildman–Crippen MR) is 124 cm³/mol. The van der Waals surface area contributed by atoms with Gasteiger partial charge in [0.1, 0.15) is 25.0 Å². The number of para-hydroxylation sites is 1. The van der Waals surface area contributed by atoms with Gasteiger partial charge >= 0.3 is 0 Å². The fourth-order valence-corrected chi connectivity index (χ4v) is 3.81. The van der Waals surface area contributed by atoms with Crippen LogP contribution in [0.2, 0.25) is 0 Å². The van der Waals surface area contributed by atoms with Crippen LogP contribution in [0.5, 0.6) is 5.75 Å². The molecule has 0 saturated heterocycles. The predicted octanol–water partition coefficient (Wildman–Crippen LogP) is 5.03. The number of hydrogen-bond donors (Lipinski definition) is 1. The number of nitrogens with zero attached hydrogens (tertiary/aromatic N) is 4. The van der Waals surface area contributed by atoms with Gasteiger partial charge in [-0.1, -0.05) is 34.1 Å². The molecule has 1 amide bonds. The van der Waals surface area contributed by atoms with E-state index in [2.05, 4.69) is 36.3 Å². The number of carbonyl (C=O) groups excluding carboxylic acids is 1. The molecule has 9 heteroatoms. The van der Waals surface area contributed by atoms with Gasteiger partial charge in [0.05, 0.1) is 22.1 Å². The van der Waals surface area contributed by atoms with E-state index in [1.807, 2.05) is 54.8 Å². The SMILES string of the molecule is Cc1nc(COc2ccccc2/C=C/C(=O)Nc2cc(Br)ccc2-n2cncn2)cs1. The van der Waals surface area contributed by atoms with Gasteiger partial charge in [-0.15, -0.1) is 11.3 Å². The molecule has 4 aromatic rings. The molecule has 0 aliphatic rings. The minimum absolute atomic E-state index is 0.274. The van der Waals surface area contributed by atoms with Crippen LogP contribution in [0, 0.1) is 6.92 Å². The van der Waals surface area contributed by atoms with E-state index in [-0.39, 0.29) is 5.91 Å². The molecule has 1 N–H and O–H groups in total. The van der Waals surface area contributed by atoms with Crippen molar-refractivity contribution < 1.29 is 9.53 Å². The summed E-state index contributed by atoms with van der Waals surface area (Å²) >= 11 is 5.03. The molecule has 0 unspecified atom stereocenters. The molecule has 0 fully saturated rings. The number of hydrogen-bond acceptors (Lipinski definition) is 6. The molecule has 0 aliphatic heterocycles. The maximum absolute atomic E-state index is 12.6. The molecular weight excluding hydrogens is 478 g/mol. The number of aromatic nitrogens is 4. The molecule has 0 aliphatic carbocycles. The van der Waals surface area contributed by atoms with Crippen molar-refractivity contribution in [3.05, 3.63) is 87.3 Å². The minimum Gasteiger partial charge on any atom is -0.487 e. The molecule has 7 nitrogen and oxygen atoms in total. The van der Waals surface area contributed by atoms with Crippen LogP contribution in [0.1, 0.15) is 16.3 Å². The first kappa shape index (κ1) is 21.0. The Labute approximate surface area is 191 Å². The molecule has 0 bridgehead atoms. The average Bonchev–Trinajstić information content (AvgIpc) is 3.43. The summed E-state index contributed by atoms with van der Waals surface area (Å²) in [7, 11) is 0. The maximum Gasteiger partial charge on any atom is 0.248 e. The van der Waals surface area contributed by atoms with Crippen molar-refractivity contribution in [1.82, 2.24) is 19.7 Å². The molecule has 0 saturated carbocycles. The Bertz CT molecular complexity index is 1220. The number of nitrogens with one attached hydrogen (secondary N) is 1. The van der Waals surface area contributed by atoms with E-state index in [0.717, 1.165) is 20.7 Å². The third kappa shape index (κ3) is 5.44. The summed E-state index contributed by atoms with van der Waals surface area (Å²) in [6, 6.07) is 13.1. The maximum atomic E-state index is 12.6. The summed E-state index contributed by atoms with van der Waals surface area (Å²) in [6.45, 7) is 2.34. The van der Waals surface area contributed by atoms with Gasteiger partial charge in [-0.25, -0.2) is 14.6 Å². The van der Waals surface area contributed by atoms with Crippen LogP contribution in [-0.4, -0.2) is 25.7 Å². The summed E-state index contributed by atoms with van der Waals surface area (Å²) in [6.07, 6.45) is 6.22. The van der Waals surface area contributed by atoms with Gasteiger partial charge in [-0.2, -0.15) is 5.10 Å². The van der Waals surface area contributed by atoms with E-state index >= 15 is 0 Å². The first-order valence-electron chi connectivity index (χ1n) is 9.35. The zero-order valence-corrected chi connectivity index (χ0v) is 18.9. The molecule has 156 valence electrons. The van der Waals surface area contributed by atoms with Crippen molar-refractivity contribution in [3.63, 3.8) is 0 Å². The molecule has 31 heavy (non-hydrogen) atoms. The van der Waals surface area contributed by atoms with E-state index in [1.54, 1.807) is 28.4 Å². The number of thiazole rings is 1. The summed E-state index contributed by atoms with van der Waals surface area (Å²) in [5, 5.41) is 10.0. The number of ether oxygens (including phenoxy) is 1. The first-order chi connectivity index (χ1) is 15.1. The summed E-state index contributed by atoms with van der Waals surface area (Å²) in [5.41, 5.74) is 3.01. The number of rotatable bonds is 7. The highest BCUT2D eigenvalue weighted by Gasteiger charge is 2.09. The second-order valence-corrected chi connectivity index (χ2v) is 8.49. The number of halogens is 1. The molecule has 2 heterocycles. The van der Waals surface area contributed by atoms with E-state index in [9.17, 15) is 4.79 Å². The fourth-order valence-electron chi connectivity index (χ4n) is 2.86. The van der Waals surface area contributed by atoms with Crippen LogP contribution in [0.3, 0.4) is 0 Å². The lowest BCUT2D eigenvalue weighted by atomic mass is 10.2. The molecule has 2 aromatic heterocycles. The number of carbonyl (C=O) groups is 1. The molecule has 0 spiro atoms. The van der Waals surface area contributed by atoms with Crippen molar-refractivity contribution >= 4 is 44.9 Å². The largest absolute Gasteiger partial charge is 0.487 e. The summed E-state index contributed by atoms with van der Waals surface area (Å²) < 4.78 is 8.34. The summed E-state index contributed by atoms with van der Waals surface area (Å²) in [4.78, 5) is 21.0. The topological polar surface area (TPSA) is 81.9 Å². The highest BCUT2D eigenvalue weighted by Crippen LogP contribution is 2.25. The Kier molecular flexibility index (Phi) is 6.54. The van der Waals surface area contributed by atoms with Crippen LogP contribution in [-0.2, 0) is 11.4 Å². The van der Waals surface area contributed by atoms with Gasteiger partial charge in [-0.3, -0.25) is 4.79 Å². The highest BCUT2D eigenvalue weighted by molar-refractivity contribution is 9.10. The van der Waals surface area contributed by atoms with Crippen molar-refractivity contribution in [2.45, 2.75) is 13.5 Å². The normalized spacial score (nSPS) is 11.0.